The van der Waals surface area contributed by atoms with Gasteiger partial charge in [-0.25, -0.2) is 4.98 Å². The Bertz CT molecular complexity index is 701. The third-order valence-electron chi connectivity index (χ3n) is 2.58. The third kappa shape index (κ3) is 1.47. The van der Waals surface area contributed by atoms with Crippen LogP contribution in [-0.4, -0.2) is 14.8 Å². The van der Waals surface area contributed by atoms with Gasteiger partial charge in [0, 0.05) is 7.05 Å². The second-order valence-corrected chi connectivity index (χ2v) is 4.08. The number of aromatic nitrogens is 3. The number of hydrogen-bond donors (Lipinski definition) is 1. The van der Waals surface area contributed by atoms with Crippen LogP contribution in [0.25, 0.3) is 22.6 Å². The minimum atomic E-state index is 0.429. The molecule has 0 amide bonds. The molecule has 2 heterocycles. The zero-order valence-corrected chi connectivity index (χ0v) is 9.77. The maximum Gasteiger partial charge on any atom is 0.232 e. The zero-order valence-electron chi connectivity index (χ0n) is 9.01. The summed E-state index contributed by atoms with van der Waals surface area (Å²) in [5.41, 5.74) is 7.80. The van der Waals surface area contributed by atoms with E-state index < -0.39 is 0 Å². The van der Waals surface area contributed by atoms with Gasteiger partial charge in [-0.1, -0.05) is 17.7 Å². The molecule has 1 aromatic carbocycles. The number of nitrogens with zero attached hydrogens (tertiary/aromatic N) is 3. The Morgan fingerprint density at radius 2 is 2.24 bits per heavy atom. The fourth-order valence-corrected chi connectivity index (χ4v) is 1.85. The number of benzene rings is 1. The molecule has 86 valence electrons. The van der Waals surface area contributed by atoms with E-state index in [4.69, 9.17) is 21.8 Å². The van der Waals surface area contributed by atoms with Crippen LogP contribution < -0.4 is 5.73 Å². The van der Waals surface area contributed by atoms with Crippen LogP contribution >= 0.6 is 11.6 Å². The summed E-state index contributed by atoms with van der Waals surface area (Å²) in [5, 5.41) is 4.58. The molecule has 0 aliphatic rings. The smallest absolute Gasteiger partial charge is 0.232 e. The molecule has 0 aliphatic heterocycles. The van der Waals surface area contributed by atoms with E-state index in [1.54, 1.807) is 24.0 Å². The number of aryl methyl sites for hydroxylation is 1. The Morgan fingerprint density at radius 1 is 1.41 bits per heavy atom. The minimum absolute atomic E-state index is 0.429. The summed E-state index contributed by atoms with van der Waals surface area (Å²) < 4.78 is 7.16. The van der Waals surface area contributed by atoms with Crippen molar-refractivity contribution in [3.63, 3.8) is 0 Å². The van der Waals surface area contributed by atoms with Gasteiger partial charge in [0.2, 0.25) is 5.89 Å². The summed E-state index contributed by atoms with van der Waals surface area (Å²) in [6, 6.07) is 5.41. The summed E-state index contributed by atoms with van der Waals surface area (Å²) >= 11 is 6.02. The first-order chi connectivity index (χ1) is 8.16. The summed E-state index contributed by atoms with van der Waals surface area (Å²) in [6.45, 7) is 0. The zero-order chi connectivity index (χ0) is 12.0. The van der Waals surface area contributed by atoms with Crippen molar-refractivity contribution in [2.24, 2.45) is 7.05 Å². The van der Waals surface area contributed by atoms with E-state index in [1.165, 1.54) is 0 Å². The highest BCUT2D eigenvalue weighted by atomic mass is 35.5. The topological polar surface area (TPSA) is 69.9 Å². The van der Waals surface area contributed by atoms with E-state index in [9.17, 15) is 0 Å². The summed E-state index contributed by atoms with van der Waals surface area (Å²) in [6.07, 6.45) is 1.62. The monoisotopic (exact) mass is 248 g/mol. The van der Waals surface area contributed by atoms with Crippen LogP contribution in [0.5, 0.6) is 0 Å². The number of nitrogens with two attached hydrogens (primary N) is 1. The fourth-order valence-electron chi connectivity index (χ4n) is 1.64. The second kappa shape index (κ2) is 3.49. The summed E-state index contributed by atoms with van der Waals surface area (Å²) in [4.78, 5) is 4.33. The van der Waals surface area contributed by atoms with E-state index in [0.717, 1.165) is 0 Å². The number of halogens is 1. The van der Waals surface area contributed by atoms with Crippen LogP contribution in [0.1, 0.15) is 0 Å². The first-order valence-electron chi connectivity index (χ1n) is 4.99. The molecule has 0 saturated carbocycles. The molecule has 0 atom stereocenters. The van der Waals surface area contributed by atoms with Crippen molar-refractivity contribution in [2.45, 2.75) is 0 Å². The molecule has 6 heteroatoms. The van der Waals surface area contributed by atoms with E-state index in [0.29, 0.717) is 33.4 Å². The summed E-state index contributed by atoms with van der Waals surface area (Å²) in [7, 11) is 1.76. The first-order valence-corrected chi connectivity index (χ1v) is 5.37. The second-order valence-electron chi connectivity index (χ2n) is 3.67. The lowest BCUT2D eigenvalue weighted by molar-refractivity contribution is 0.620. The SMILES string of the molecule is Cn1ncc(-c2nc3cccc(Cl)c3o2)c1N. The van der Waals surface area contributed by atoms with Gasteiger partial charge in [0.25, 0.3) is 0 Å². The Hall–Kier alpha value is -2.01. The van der Waals surface area contributed by atoms with Crippen LogP contribution in [0.3, 0.4) is 0 Å². The van der Waals surface area contributed by atoms with Gasteiger partial charge in [0.05, 0.1) is 16.8 Å². The molecule has 0 radical (unpaired) electrons. The molecule has 0 unspecified atom stereocenters. The highest BCUT2D eigenvalue weighted by Gasteiger charge is 2.15. The van der Waals surface area contributed by atoms with Crippen molar-refractivity contribution in [3.8, 4) is 11.5 Å². The van der Waals surface area contributed by atoms with Gasteiger partial charge < -0.3 is 10.2 Å². The van der Waals surface area contributed by atoms with Crippen molar-refractivity contribution in [1.82, 2.24) is 14.8 Å². The number of rotatable bonds is 1. The van der Waals surface area contributed by atoms with E-state index in [-0.39, 0.29) is 0 Å². The molecular weight excluding hydrogens is 240 g/mol. The van der Waals surface area contributed by atoms with E-state index in [2.05, 4.69) is 10.1 Å². The Kier molecular flexibility index (Phi) is 2.09. The highest BCUT2D eigenvalue weighted by molar-refractivity contribution is 6.34. The predicted molar refractivity (Wildman–Crippen MR) is 65.6 cm³/mol. The van der Waals surface area contributed by atoms with Gasteiger partial charge in [0.1, 0.15) is 11.3 Å². The van der Waals surface area contributed by atoms with Crippen LogP contribution in [0, 0.1) is 0 Å². The van der Waals surface area contributed by atoms with Crippen molar-refractivity contribution < 1.29 is 4.42 Å². The van der Waals surface area contributed by atoms with E-state index >= 15 is 0 Å². The molecule has 0 saturated heterocycles. The normalized spacial score (nSPS) is 11.2. The van der Waals surface area contributed by atoms with Gasteiger partial charge in [-0.15, -0.1) is 0 Å². The Morgan fingerprint density at radius 3 is 2.88 bits per heavy atom. The van der Waals surface area contributed by atoms with Crippen molar-refractivity contribution >= 4 is 28.5 Å². The molecule has 3 rings (SSSR count). The average Bonchev–Trinajstić information content (AvgIpc) is 2.85. The lowest BCUT2D eigenvalue weighted by Crippen LogP contribution is -1.97. The predicted octanol–water partition coefficient (Wildman–Crippen LogP) is 2.46. The average molecular weight is 249 g/mol. The number of nitrogen functional groups attached to an aromatic ring is 1. The summed E-state index contributed by atoms with van der Waals surface area (Å²) in [5.74, 6) is 0.936. The minimum Gasteiger partial charge on any atom is -0.434 e. The molecule has 5 nitrogen and oxygen atoms in total. The third-order valence-corrected chi connectivity index (χ3v) is 2.88. The maximum atomic E-state index is 6.02. The van der Waals surface area contributed by atoms with Gasteiger partial charge in [-0.3, -0.25) is 4.68 Å². The van der Waals surface area contributed by atoms with Crippen molar-refractivity contribution in [3.05, 3.63) is 29.4 Å². The standard InChI is InChI=1S/C11H9ClN4O/c1-16-10(13)6(5-14-16)11-15-8-4-2-3-7(12)9(8)17-11/h2-5H,13H2,1H3. The van der Waals surface area contributed by atoms with Crippen LogP contribution in [0.2, 0.25) is 5.02 Å². The van der Waals surface area contributed by atoms with Crippen molar-refractivity contribution in [1.29, 1.82) is 0 Å². The number of anilines is 1. The lowest BCUT2D eigenvalue weighted by Gasteiger charge is -1.94. The molecule has 0 fully saturated rings. The molecule has 2 aromatic heterocycles. The number of fused-ring (bicyclic) bond motifs is 1. The van der Waals surface area contributed by atoms with Gasteiger partial charge >= 0.3 is 0 Å². The quantitative estimate of drug-likeness (QED) is 0.718. The number of hydrogen-bond acceptors (Lipinski definition) is 4. The van der Waals surface area contributed by atoms with Gasteiger partial charge in [-0.05, 0) is 12.1 Å². The highest BCUT2D eigenvalue weighted by Crippen LogP contribution is 2.31. The molecule has 17 heavy (non-hydrogen) atoms. The fraction of sp³-hybridized carbons (Fsp3) is 0.0909. The molecule has 0 aliphatic carbocycles. The van der Waals surface area contributed by atoms with Crippen LogP contribution in [0.15, 0.2) is 28.8 Å². The molecular formula is C11H9ClN4O. The largest absolute Gasteiger partial charge is 0.434 e. The molecule has 0 spiro atoms. The van der Waals surface area contributed by atoms with Gasteiger partial charge in [-0.2, -0.15) is 5.10 Å². The number of para-hydroxylation sites is 1. The maximum absolute atomic E-state index is 6.02. The number of oxazole rings is 1. The lowest BCUT2D eigenvalue weighted by atomic mass is 10.3. The molecule has 2 N–H and O–H groups in total. The van der Waals surface area contributed by atoms with Crippen molar-refractivity contribution in [2.75, 3.05) is 5.73 Å². The molecule has 3 aromatic rings. The Labute approximate surface area is 102 Å². The first kappa shape index (κ1) is 10.2. The molecule has 0 bridgehead atoms. The van der Waals surface area contributed by atoms with Crippen LogP contribution in [-0.2, 0) is 7.05 Å². The van der Waals surface area contributed by atoms with Gasteiger partial charge in [0.15, 0.2) is 5.58 Å². The Balaban J connectivity index is 2.25. The van der Waals surface area contributed by atoms with Crippen LogP contribution in [0.4, 0.5) is 5.82 Å². The van der Waals surface area contributed by atoms with E-state index in [1.807, 2.05) is 12.1 Å².